The van der Waals surface area contributed by atoms with Crippen LogP contribution >= 0.6 is 0 Å². The van der Waals surface area contributed by atoms with Crippen molar-refractivity contribution in [1.29, 1.82) is 0 Å². The summed E-state index contributed by atoms with van der Waals surface area (Å²) in [5.74, 6) is -1.38. The van der Waals surface area contributed by atoms with Gasteiger partial charge in [0, 0.05) is 31.4 Å². The van der Waals surface area contributed by atoms with E-state index in [9.17, 15) is 14.0 Å². The third kappa shape index (κ3) is 4.58. The molecule has 11 nitrogen and oxygen atoms in total. The van der Waals surface area contributed by atoms with Crippen molar-refractivity contribution < 1.29 is 32.9 Å². The van der Waals surface area contributed by atoms with E-state index in [0.29, 0.717) is 37.6 Å². The molecule has 0 spiro atoms. The number of fused-ring (bicyclic) bond motifs is 4. The van der Waals surface area contributed by atoms with Gasteiger partial charge in [0.1, 0.15) is 24.3 Å². The topological polar surface area (TPSA) is 115 Å². The summed E-state index contributed by atoms with van der Waals surface area (Å²) in [7, 11) is 1.15. The van der Waals surface area contributed by atoms with Crippen molar-refractivity contribution in [2.24, 2.45) is 0 Å². The lowest BCUT2D eigenvalue weighted by Crippen LogP contribution is -2.48. The van der Waals surface area contributed by atoms with E-state index in [1.165, 1.54) is 17.2 Å². The molecule has 0 aromatic carbocycles. The van der Waals surface area contributed by atoms with E-state index in [-0.39, 0.29) is 30.4 Å². The smallest absolute Gasteiger partial charge is 0.359 e. The van der Waals surface area contributed by atoms with E-state index in [2.05, 4.69) is 20.0 Å². The number of amides is 2. The maximum Gasteiger partial charge on any atom is 0.359 e. The number of nitrogens with one attached hydrogen (secondary N) is 1. The van der Waals surface area contributed by atoms with Gasteiger partial charge in [-0.2, -0.15) is 0 Å². The van der Waals surface area contributed by atoms with Gasteiger partial charge in [-0.15, -0.1) is 0 Å². The van der Waals surface area contributed by atoms with Gasteiger partial charge in [0.25, 0.3) is 0 Å². The molecule has 2 saturated heterocycles. The van der Waals surface area contributed by atoms with Crippen molar-refractivity contribution in [2.75, 3.05) is 48.5 Å². The largest absolute Gasteiger partial charge is 0.491 e. The SMILES string of the molecule is COC(=O)c1nc2c(cc1F)N1CC[C@@H](C1)N2C(=O)Nc1cc(OC[C@H]2COC(C)(C)O2)ccn1. The minimum atomic E-state index is -0.912. The highest BCUT2D eigenvalue weighted by atomic mass is 19.1. The quantitative estimate of drug-likeness (QED) is 0.636. The molecule has 2 bridgehead atoms. The Morgan fingerprint density at radius 1 is 1.34 bits per heavy atom. The second-order valence-electron chi connectivity index (χ2n) is 8.98. The number of hydrogen-bond donors (Lipinski definition) is 1. The predicted molar refractivity (Wildman–Crippen MR) is 122 cm³/mol. The van der Waals surface area contributed by atoms with E-state index >= 15 is 0 Å². The monoisotopic (exact) mass is 487 g/mol. The van der Waals surface area contributed by atoms with Crippen molar-refractivity contribution in [3.63, 3.8) is 0 Å². The Labute approximate surface area is 201 Å². The number of carbonyl (C=O) groups is 2. The van der Waals surface area contributed by atoms with Gasteiger partial charge >= 0.3 is 12.0 Å². The summed E-state index contributed by atoms with van der Waals surface area (Å²) in [5, 5.41) is 2.77. The number of esters is 1. The Morgan fingerprint density at radius 3 is 2.91 bits per heavy atom. The molecular formula is C23H26FN5O6. The third-order valence-corrected chi connectivity index (χ3v) is 6.10. The zero-order chi connectivity index (χ0) is 24.7. The first-order valence-electron chi connectivity index (χ1n) is 11.3. The first kappa shape index (κ1) is 23.2. The fourth-order valence-corrected chi connectivity index (χ4v) is 4.50. The molecule has 12 heteroatoms. The van der Waals surface area contributed by atoms with E-state index in [1.54, 1.807) is 12.1 Å². The lowest BCUT2D eigenvalue weighted by molar-refractivity contribution is -0.141. The molecule has 2 aromatic heterocycles. The van der Waals surface area contributed by atoms with Crippen LogP contribution in [0.5, 0.6) is 5.75 Å². The lowest BCUT2D eigenvalue weighted by Gasteiger charge is -2.35. The van der Waals surface area contributed by atoms with Crippen LogP contribution in [0.4, 0.5) is 26.5 Å². The molecule has 1 N–H and O–H groups in total. The molecule has 0 saturated carbocycles. The zero-order valence-corrected chi connectivity index (χ0v) is 19.6. The minimum Gasteiger partial charge on any atom is -0.491 e. The molecule has 0 aliphatic carbocycles. The molecule has 0 radical (unpaired) electrons. The maximum atomic E-state index is 14.5. The number of carbonyl (C=O) groups excluding carboxylic acids is 2. The van der Waals surface area contributed by atoms with Gasteiger partial charge in [-0.3, -0.25) is 10.2 Å². The van der Waals surface area contributed by atoms with Gasteiger partial charge in [-0.25, -0.2) is 23.9 Å². The molecular weight excluding hydrogens is 461 g/mol. The predicted octanol–water partition coefficient (Wildman–Crippen LogP) is 2.56. The summed E-state index contributed by atoms with van der Waals surface area (Å²) in [6.07, 6.45) is 1.99. The van der Waals surface area contributed by atoms with Gasteiger partial charge < -0.3 is 23.8 Å². The molecule has 5 rings (SSSR count). The Kier molecular flexibility index (Phi) is 5.93. The van der Waals surface area contributed by atoms with E-state index in [0.717, 1.165) is 7.11 Å². The summed E-state index contributed by atoms with van der Waals surface area (Å²) in [5.41, 5.74) is -0.0211. The van der Waals surface area contributed by atoms with Crippen LogP contribution in [0.15, 0.2) is 24.4 Å². The average molecular weight is 487 g/mol. The number of methoxy groups -OCH3 is 1. The molecule has 0 unspecified atom stereocenters. The number of anilines is 3. The number of aromatic nitrogens is 2. The van der Waals surface area contributed by atoms with Gasteiger partial charge in [-0.05, 0) is 26.3 Å². The Hall–Kier alpha value is -3.51. The molecule has 2 fully saturated rings. The summed E-state index contributed by atoms with van der Waals surface area (Å²) in [4.78, 5) is 37.1. The van der Waals surface area contributed by atoms with Crippen LogP contribution in [-0.4, -0.2) is 73.3 Å². The van der Waals surface area contributed by atoms with Crippen molar-refractivity contribution in [2.45, 2.75) is 38.2 Å². The van der Waals surface area contributed by atoms with Gasteiger partial charge in [0.2, 0.25) is 0 Å². The van der Waals surface area contributed by atoms with Crippen LogP contribution in [0.2, 0.25) is 0 Å². The van der Waals surface area contributed by atoms with Gasteiger partial charge in [0.15, 0.2) is 23.1 Å². The molecule has 3 aliphatic rings. The van der Waals surface area contributed by atoms with Gasteiger partial charge in [0.05, 0.1) is 25.4 Å². The molecule has 5 heterocycles. The highest BCUT2D eigenvalue weighted by Gasteiger charge is 2.41. The van der Waals surface area contributed by atoms with E-state index < -0.39 is 29.3 Å². The summed E-state index contributed by atoms with van der Waals surface area (Å²) in [6, 6.07) is 3.82. The fourth-order valence-electron chi connectivity index (χ4n) is 4.50. The number of halogens is 1. The van der Waals surface area contributed by atoms with Crippen molar-refractivity contribution in [3.8, 4) is 5.75 Å². The lowest BCUT2D eigenvalue weighted by atomic mass is 10.1. The molecule has 2 atom stereocenters. The second kappa shape index (κ2) is 8.93. The van der Waals surface area contributed by atoms with Crippen LogP contribution in [0.25, 0.3) is 0 Å². The standard InChI is InChI=1S/C23H26FN5O6/c1-23(2)34-12-15(35-23)11-33-14-4-6-25-18(8-14)26-22(31)29-13-5-7-28(10-13)17-9-16(24)19(21(30)32-3)27-20(17)29/h4,6,8-9,13,15H,5,7,10-12H2,1-3H3,(H,25,26,31)/t13-,15-/m0/s1. The highest BCUT2D eigenvalue weighted by Crippen LogP contribution is 2.40. The second-order valence-corrected chi connectivity index (χ2v) is 8.98. The zero-order valence-electron chi connectivity index (χ0n) is 19.6. The van der Waals surface area contributed by atoms with Crippen LogP contribution < -0.4 is 19.9 Å². The van der Waals surface area contributed by atoms with Crippen LogP contribution in [0, 0.1) is 5.82 Å². The molecule has 2 aromatic rings. The van der Waals surface area contributed by atoms with Crippen molar-refractivity contribution >= 4 is 29.3 Å². The number of ether oxygens (including phenoxy) is 4. The van der Waals surface area contributed by atoms with Crippen LogP contribution in [0.3, 0.4) is 0 Å². The fraction of sp³-hybridized carbons (Fsp3) is 0.478. The maximum absolute atomic E-state index is 14.5. The Morgan fingerprint density at radius 2 is 2.17 bits per heavy atom. The number of nitrogens with zero attached hydrogens (tertiary/aromatic N) is 4. The first-order valence-corrected chi connectivity index (χ1v) is 11.3. The number of urea groups is 1. The van der Waals surface area contributed by atoms with Crippen LogP contribution in [0.1, 0.15) is 30.8 Å². The van der Waals surface area contributed by atoms with Crippen molar-refractivity contribution in [1.82, 2.24) is 9.97 Å². The first-order chi connectivity index (χ1) is 16.7. The molecule has 2 amide bonds. The van der Waals surface area contributed by atoms with Crippen LogP contribution in [-0.2, 0) is 14.2 Å². The van der Waals surface area contributed by atoms with Crippen molar-refractivity contribution in [3.05, 3.63) is 35.9 Å². The number of hydrogen-bond acceptors (Lipinski definition) is 9. The highest BCUT2D eigenvalue weighted by molar-refractivity contribution is 6.04. The third-order valence-electron chi connectivity index (χ3n) is 6.10. The Bertz CT molecular complexity index is 1160. The number of pyridine rings is 2. The molecule has 186 valence electrons. The minimum absolute atomic E-state index is 0.187. The molecule has 3 aliphatic heterocycles. The van der Waals surface area contributed by atoms with Gasteiger partial charge in [-0.1, -0.05) is 0 Å². The average Bonchev–Trinajstić information content (AvgIpc) is 3.41. The Balaban J connectivity index is 1.33. The normalized spacial score (nSPS) is 22.1. The summed E-state index contributed by atoms with van der Waals surface area (Å²) >= 11 is 0. The van der Waals surface area contributed by atoms with E-state index in [4.69, 9.17) is 14.2 Å². The summed E-state index contributed by atoms with van der Waals surface area (Å²) in [6.45, 7) is 5.57. The molecule has 35 heavy (non-hydrogen) atoms. The summed E-state index contributed by atoms with van der Waals surface area (Å²) < 4.78 is 36.3. The number of rotatable bonds is 5. The van der Waals surface area contributed by atoms with E-state index in [1.807, 2.05) is 18.7 Å².